The van der Waals surface area contributed by atoms with Gasteiger partial charge in [-0.25, -0.2) is 0 Å². The average Bonchev–Trinajstić information content (AvgIpc) is 3.41. The molecule has 66 heavy (non-hydrogen) atoms. The monoisotopic (exact) mass is 905 g/mol. The first kappa shape index (κ1) is 48.3. The van der Waals surface area contributed by atoms with Gasteiger partial charge in [-0.1, -0.05) is 257 Å². The Morgan fingerprint density at radius 2 is 0.273 bits per heavy atom. The van der Waals surface area contributed by atoms with Crippen molar-refractivity contribution in [2.75, 3.05) is 0 Å². The third kappa shape index (κ3) is 10.7. The van der Waals surface area contributed by atoms with E-state index in [0.29, 0.717) is 0 Å². The van der Waals surface area contributed by atoms with E-state index in [0.717, 1.165) is 118 Å². The predicted octanol–water partition coefficient (Wildman–Crippen LogP) is 20.4. The Morgan fingerprint density at radius 1 is 0.121 bits per heavy atom. The molecule has 0 aromatic rings. The number of hydrogen-bond donors (Lipinski definition) is 0. The lowest BCUT2D eigenvalue weighted by Crippen LogP contribution is -2.55. The standard InChI is InChI=1S/C66H112/c1-9-25-47(26-10-1)57-46-60(50-31-15-4-16-32-50)64(65(54-39-23-8-24-40-54)61(57)51-33-17-5-18-34-51)55-41-43-56(44-42-55)66-62(52-35-19-6-20-36-52)58(48-27-11-2-12-28-48)45-59(49-29-13-3-14-30-49)63(66)53-37-21-7-22-38-53/h47-66H,1-46H2. The van der Waals surface area contributed by atoms with Crippen LogP contribution in [0.3, 0.4) is 0 Å². The first-order valence-corrected chi connectivity index (χ1v) is 32.8. The Hall–Kier alpha value is 0. The highest BCUT2D eigenvalue weighted by atomic mass is 14.6. The van der Waals surface area contributed by atoms with Crippen molar-refractivity contribution in [3.05, 3.63) is 0 Å². The molecule has 11 aliphatic rings. The summed E-state index contributed by atoms with van der Waals surface area (Å²) in [6, 6.07) is 0. The van der Waals surface area contributed by atoms with Crippen LogP contribution in [0, 0.1) is 118 Å². The zero-order valence-corrected chi connectivity index (χ0v) is 44.1. The molecule has 9 unspecified atom stereocenters. The van der Waals surface area contributed by atoms with Gasteiger partial charge in [0.05, 0.1) is 0 Å². The van der Waals surface area contributed by atoms with Gasteiger partial charge in [0, 0.05) is 0 Å². The topological polar surface area (TPSA) is 0 Å². The molecule has 0 nitrogen and oxygen atoms in total. The molecule has 0 heteroatoms. The van der Waals surface area contributed by atoms with Crippen LogP contribution in [0.5, 0.6) is 0 Å². The van der Waals surface area contributed by atoms with Gasteiger partial charge in [0.2, 0.25) is 0 Å². The van der Waals surface area contributed by atoms with Crippen molar-refractivity contribution in [3.8, 4) is 0 Å². The summed E-state index contributed by atoms with van der Waals surface area (Å²) in [5.74, 6) is 21.9. The van der Waals surface area contributed by atoms with Crippen molar-refractivity contribution in [1.29, 1.82) is 0 Å². The molecule has 11 saturated carbocycles. The highest BCUT2D eigenvalue weighted by molar-refractivity contribution is 5.07. The van der Waals surface area contributed by atoms with Gasteiger partial charge in [-0.05, 0) is 157 Å². The molecule has 376 valence electrons. The summed E-state index contributed by atoms with van der Waals surface area (Å²) in [6.07, 6.45) is 73.8. The van der Waals surface area contributed by atoms with Crippen LogP contribution in [0.4, 0.5) is 0 Å². The lowest BCUT2D eigenvalue weighted by atomic mass is 9.43. The van der Waals surface area contributed by atoms with Crippen molar-refractivity contribution in [1.82, 2.24) is 0 Å². The molecule has 0 aromatic carbocycles. The van der Waals surface area contributed by atoms with Gasteiger partial charge < -0.3 is 0 Å². The molecule has 9 atom stereocenters. The van der Waals surface area contributed by atoms with Crippen LogP contribution in [0.15, 0.2) is 0 Å². The number of hydrogen-bond acceptors (Lipinski definition) is 0. The molecule has 0 N–H and O–H groups in total. The SMILES string of the molecule is C1CCC(C2CC(C3CCCCC3)C(C3CCC(C4C(C5CCCCC5)C(C5CCCCC5)CC(C5CCCCC5)C4C4CCCCC4)CC3)C(C3CCCCC3)C2C2CCCCC2)CC1. The minimum atomic E-state index is 1.08. The summed E-state index contributed by atoms with van der Waals surface area (Å²) in [5.41, 5.74) is 0. The molecule has 0 spiro atoms. The van der Waals surface area contributed by atoms with E-state index >= 15 is 0 Å². The predicted molar refractivity (Wildman–Crippen MR) is 282 cm³/mol. The Labute approximate surface area is 411 Å². The van der Waals surface area contributed by atoms with Crippen molar-refractivity contribution >= 4 is 0 Å². The maximum absolute atomic E-state index is 1.71. The quantitative estimate of drug-likeness (QED) is 0.205. The summed E-state index contributed by atoms with van der Waals surface area (Å²) in [6.45, 7) is 0. The van der Waals surface area contributed by atoms with Crippen molar-refractivity contribution in [3.63, 3.8) is 0 Å². The summed E-state index contributed by atoms with van der Waals surface area (Å²) in [7, 11) is 0. The van der Waals surface area contributed by atoms with Crippen LogP contribution in [0.1, 0.15) is 295 Å². The largest absolute Gasteiger partial charge is 0.0533 e. The summed E-state index contributed by atoms with van der Waals surface area (Å²) < 4.78 is 0. The van der Waals surface area contributed by atoms with E-state index in [-0.39, 0.29) is 0 Å². The van der Waals surface area contributed by atoms with Crippen LogP contribution in [0.25, 0.3) is 0 Å². The van der Waals surface area contributed by atoms with Gasteiger partial charge in [-0.2, -0.15) is 0 Å². The second-order valence-corrected chi connectivity index (χ2v) is 28.5. The van der Waals surface area contributed by atoms with E-state index in [2.05, 4.69) is 0 Å². The summed E-state index contributed by atoms with van der Waals surface area (Å²) in [5, 5.41) is 0. The summed E-state index contributed by atoms with van der Waals surface area (Å²) in [4.78, 5) is 0. The molecule has 11 aliphatic carbocycles. The lowest BCUT2D eigenvalue weighted by Gasteiger charge is -2.61. The lowest BCUT2D eigenvalue weighted by molar-refractivity contribution is -0.129. The third-order valence-electron chi connectivity index (χ3n) is 25.5. The third-order valence-corrected chi connectivity index (χ3v) is 25.5. The second kappa shape index (κ2) is 23.7. The van der Waals surface area contributed by atoms with E-state index < -0.39 is 0 Å². The van der Waals surface area contributed by atoms with Gasteiger partial charge in [0.1, 0.15) is 0 Å². The molecular weight excluding hydrogens is 793 g/mol. The minimum absolute atomic E-state index is 1.08. The van der Waals surface area contributed by atoms with E-state index in [1.165, 1.54) is 0 Å². The molecule has 0 aliphatic heterocycles. The molecule has 0 saturated heterocycles. The fraction of sp³-hybridized carbons (Fsp3) is 1.00. The Balaban J connectivity index is 0.952. The molecule has 0 amide bonds. The van der Waals surface area contributed by atoms with Crippen molar-refractivity contribution in [2.24, 2.45) is 118 Å². The Bertz CT molecular complexity index is 1320. The normalized spacial score (nSPS) is 42.9. The molecule has 0 heterocycles. The van der Waals surface area contributed by atoms with Crippen LogP contribution < -0.4 is 0 Å². The fourth-order valence-electron chi connectivity index (χ4n) is 23.1. The van der Waals surface area contributed by atoms with Crippen LogP contribution in [-0.4, -0.2) is 0 Å². The smallest absolute Gasteiger partial charge is 0.0318 e. The molecule has 11 rings (SSSR count). The van der Waals surface area contributed by atoms with Crippen molar-refractivity contribution < 1.29 is 0 Å². The fourth-order valence-corrected chi connectivity index (χ4v) is 23.1. The molecular formula is C66H112. The van der Waals surface area contributed by atoms with Gasteiger partial charge in [0.25, 0.3) is 0 Å². The van der Waals surface area contributed by atoms with E-state index in [9.17, 15) is 0 Å². The first-order valence-electron chi connectivity index (χ1n) is 32.8. The first-order chi connectivity index (χ1) is 32.8. The maximum Gasteiger partial charge on any atom is -0.0318 e. The highest BCUT2D eigenvalue weighted by Crippen LogP contribution is 2.66. The van der Waals surface area contributed by atoms with Gasteiger partial charge in [0.15, 0.2) is 0 Å². The van der Waals surface area contributed by atoms with E-state index in [4.69, 9.17) is 0 Å². The highest BCUT2D eigenvalue weighted by Gasteiger charge is 2.58. The van der Waals surface area contributed by atoms with Gasteiger partial charge in [-0.3, -0.25) is 0 Å². The Kier molecular flexibility index (Phi) is 17.3. The number of rotatable bonds is 10. The zero-order valence-electron chi connectivity index (χ0n) is 44.1. The summed E-state index contributed by atoms with van der Waals surface area (Å²) >= 11 is 0. The van der Waals surface area contributed by atoms with E-state index in [1.54, 1.807) is 295 Å². The zero-order chi connectivity index (χ0) is 44.1. The molecule has 0 radical (unpaired) electrons. The minimum Gasteiger partial charge on any atom is -0.0533 e. The molecule has 11 fully saturated rings. The maximum atomic E-state index is 1.71. The van der Waals surface area contributed by atoms with Crippen LogP contribution in [-0.2, 0) is 0 Å². The van der Waals surface area contributed by atoms with Crippen LogP contribution >= 0.6 is 0 Å². The molecule has 0 bridgehead atoms. The second-order valence-electron chi connectivity index (χ2n) is 28.5. The van der Waals surface area contributed by atoms with E-state index in [1.807, 2.05) is 0 Å². The van der Waals surface area contributed by atoms with Gasteiger partial charge >= 0.3 is 0 Å². The van der Waals surface area contributed by atoms with Crippen LogP contribution in [0.2, 0.25) is 0 Å². The molecule has 0 aromatic heterocycles. The average molecular weight is 906 g/mol. The van der Waals surface area contributed by atoms with Crippen molar-refractivity contribution in [2.45, 2.75) is 295 Å². The van der Waals surface area contributed by atoms with Gasteiger partial charge in [-0.15, -0.1) is 0 Å². The Morgan fingerprint density at radius 3 is 0.485 bits per heavy atom.